The molecular formula is C15H12F2N4. The zero-order valence-corrected chi connectivity index (χ0v) is 11.2. The van der Waals surface area contributed by atoms with Crippen molar-refractivity contribution >= 4 is 28.4 Å². The summed E-state index contributed by atoms with van der Waals surface area (Å²) in [5.41, 5.74) is 0.444. The van der Waals surface area contributed by atoms with Gasteiger partial charge in [-0.2, -0.15) is 4.98 Å². The fourth-order valence-corrected chi connectivity index (χ4v) is 2.02. The van der Waals surface area contributed by atoms with Crippen LogP contribution in [0.2, 0.25) is 0 Å². The lowest BCUT2D eigenvalue weighted by molar-refractivity contribution is 0.590. The van der Waals surface area contributed by atoms with Crippen molar-refractivity contribution in [3.8, 4) is 0 Å². The minimum Gasteiger partial charge on any atom is -0.357 e. The van der Waals surface area contributed by atoms with Crippen molar-refractivity contribution in [2.24, 2.45) is 0 Å². The summed E-state index contributed by atoms with van der Waals surface area (Å²) in [5, 5.41) is 6.22. The summed E-state index contributed by atoms with van der Waals surface area (Å²) < 4.78 is 27.5. The van der Waals surface area contributed by atoms with Crippen LogP contribution in [0.5, 0.6) is 0 Å². The van der Waals surface area contributed by atoms with Crippen LogP contribution in [-0.4, -0.2) is 17.0 Å². The lowest BCUT2D eigenvalue weighted by Crippen LogP contribution is -2.04. The van der Waals surface area contributed by atoms with Crippen molar-refractivity contribution in [2.45, 2.75) is 0 Å². The van der Waals surface area contributed by atoms with E-state index >= 15 is 0 Å². The number of fused-ring (bicyclic) bond motifs is 1. The van der Waals surface area contributed by atoms with Gasteiger partial charge in [-0.3, -0.25) is 0 Å². The lowest BCUT2D eigenvalue weighted by atomic mass is 10.2. The molecule has 0 saturated heterocycles. The fraction of sp³-hybridized carbons (Fsp3) is 0.0667. The van der Waals surface area contributed by atoms with Crippen LogP contribution in [0, 0.1) is 11.6 Å². The molecule has 3 rings (SSSR count). The molecule has 0 aliphatic carbocycles. The maximum absolute atomic E-state index is 13.8. The second-order valence-electron chi connectivity index (χ2n) is 4.38. The highest BCUT2D eigenvalue weighted by molar-refractivity contribution is 5.91. The van der Waals surface area contributed by atoms with Crippen LogP contribution in [0.4, 0.5) is 26.2 Å². The van der Waals surface area contributed by atoms with Crippen LogP contribution in [0.15, 0.2) is 42.5 Å². The molecule has 0 radical (unpaired) electrons. The molecule has 0 unspecified atom stereocenters. The van der Waals surface area contributed by atoms with Crippen molar-refractivity contribution in [3.05, 3.63) is 54.1 Å². The number of anilines is 3. The first-order chi connectivity index (χ1) is 10.2. The molecule has 106 valence electrons. The quantitative estimate of drug-likeness (QED) is 0.771. The second kappa shape index (κ2) is 5.32. The summed E-state index contributed by atoms with van der Waals surface area (Å²) >= 11 is 0. The van der Waals surface area contributed by atoms with Gasteiger partial charge in [0.25, 0.3) is 0 Å². The molecule has 0 atom stereocenters. The maximum Gasteiger partial charge on any atom is 0.224 e. The molecule has 21 heavy (non-hydrogen) atoms. The molecule has 0 aliphatic rings. The van der Waals surface area contributed by atoms with E-state index in [-0.39, 0.29) is 5.69 Å². The van der Waals surface area contributed by atoms with Gasteiger partial charge in [0.1, 0.15) is 23.1 Å². The molecular weight excluding hydrogens is 274 g/mol. The van der Waals surface area contributed by atoms with Gasteiger partial charge < -0.3 is 10.6 Å². The molecule has 0 fully saturated rings. The largest absolute Gasteiger partial charge is 0.357 e. The van der Waals surface area contributed by atoms with E-state index in [2.05, 4.69) is 20.6 Å². The Hall–Kier alpha value is -2.76. The fourth-order valence-electron chi connectivity index (χ4n) is 2.02. The van der Waals surface area contributed by atoms with E-state index in [1.165, 1.54) is 18.2 Å². The summed E-state index contributed by atoms with van der Waals surface area (Å²) in [6, 6.07) is 10.9. The van der Waals surface area contributed by atoms with E-state index in [9.17, 15) is 8.78 Å². The zero-order valence-electron chi connectivity index (χ0n) is 11.2. The second-order valence-corrected chi connectivity index (χ2v) is 4.38. The maximum atomic E-state index is 13.8. The Balaban J connectivity index is 2.16. The van der Waals surface area contributed by atoms with Gasteiger partial charge in [0, 0.05) is 12.4 Å². The molecule has 0 spiro atoms. The summed E-state index contributed by atoms with van der Waals surface area (Å²) in [5.74, 6) is -0.644. The average Bonchev–Trinajstić information content (AvgIpc) is 2.50. The van der Waals surface area contributed by atoms with Gasteiger partial charge in [0.05, 0.1) is 5.52 Å². The number of benzene rings is 2. The first-order valence-corrected chi connectivity index (χ1v) is 6.34. The van der Waals surface area contributed by atoms with Crippen molar-refractivity contribution in [3.63, 3.8) is 0 Å². The summed E-state index contributed by atoms with van der Waals surface area (Å²) in [7, 11) is 1.68. The van der Waals surface area contributed by atoms with Gasteiger partial charge >= 0.3 is 0 Å². The average molecular weight is 286 g/mol. The topological polar surface area (TPSA) is 49.8 Å². The number of rotatable bonds is 3. The molecule has 4 nitrogen and oxygen atoms in total. The normalized spacial score (nSPS) is 10.6. The molecule has 3 aromatic rings. The zero-order chi connectivity index (χ0) is 14.8. The van der Waals surface area contributed by atoms with E-state index in [1.54, 1.807) is 19.2 Å². The highest BCUT2D eigenvalue weighted by Gasteiger charge is 2.12. The van der Waals surface area contributed by atoms with E-state index in [1.807, 2.05) is 12.1 Å². The third kappa shape index (κ3) is 2.47. The predicted molar refractivity (Wildman–Crippen MR) is 78.7 cm³/mol. The number of hydrogen-bond acceptors (Lipinski definition) is 4. The SMILES string of the molecule is CNc1nc(Nc2c(F)cccc2F)c2ccccc2n1. The van der Waals surface area contributed by atoms with Gasteiger partial charge in [-0.25, -0.2) is 13.8 Å². The van der Waals surface area contributed by atoms with Crippen molar-refractivity contribution in [2.75, 3.05) is 17.7 Å². The molecule has 6 heteroatoms. The Morgan fingerprint density at radius 2 is 1.62 bits per heavy atom. The number of nitrogens with one attached hydrogen (secondary N) is 2. The molecule has 0 bridgehead atoms. The van der Waals surface area contributed by atoms with E-state index in [0.29, 0.717) is 22.7 Å². The van der Waals surface area contributed by atoms with Gasteiger partial charge in [-0.05, 0) is 24.3 Å². The first-order valence-electron chi connectivity index (χ1n) is 6.34. The lowest BCUT2D eigenvalue weighted by Gasteiger charge is -2.11. The molecule has 0 saturated carbocycles. The van der Waals surface area contributed by atoms with Crippen molar-refractivity contribution in [1.29, 1.82) is 0 Å². The van der Waals surface area contributed by atoms with Gasteiger partial charge in [0.15, 0.2) is 0 Å². The number of hydrogen-bond donors (Lipinski definition) is 2. The monoisotopic (exact) mass is 286 g/mol. The molecule has 1 aromatic heterocycles. The molecule has 0 amide bonds. The Labute approximate surface area is 119 Å². The number of para-hydroxylation sites is 2. The van der Waals surface area contributed by atoms with Crippen LogP contribution in [-0.2, 0) is 0 Å². The summed E-state index contributed by atoms with van der Waals surface area (Å²) in [4.78, 5) is 8.52. The first kappa shape index (κ1) is 13.2. The Kier molecular flexibility index (Phi) is 3.35. The number of halogens is 2. The summed E-state index contributed by atoms with van der Waals surface area (Å²) in [6.07, 6.45) is 0. The number of nitrogens with zero attached hydrogens (tertiary/aromatic N) is 2. The Bertz CT molecular complexity index is 785. The van der Waals surface area contributed by atoms with Crippen LogP contribution >= 0.6 is 0 Å². The van der Waals surface area contributed by atoms with E-state index in [4.69, 9.17) is 0 Å². The smallest absolute Gasteiger partial charge is 0.224 e. The minimum absolute atomic E-state index is 0.233. The summed E-state index contributed by atoms with van der Waals surface area (Å²) in [6.45, 7) is 0. The van der Waals surface area contributed by atoms with Crippen LogP contribution < -0.4 is 10.6 Å². The van der Waals surface area contributed by atoms with Crippen LogP contribution in [0.25, 0.3) is 10.9 Å². The van der Waals surface area contributed by atoms with Crippen molar-refractivity contribution < 1.29 is 8.78 Å². The highest BCUT2D eigenvalue weighted by Crippen LogP contribution is 2.27. The molecule has 2 N–H and O–H groups in total. The standard InChI is InChI=1S/C15H12F2N4/c1-18-15-19-12-8-3-2-5-9(12)14(21-15)20-13-10(16)6-4-7-11(13)17/h2-8H,1H3,(H2,18,19,20,21). The number of aromatic nitrogens is 2. The van der Waals surface area contributed by atoms with Gasteiger partial charge in [-0.1, -0.05) is 18.2 Å². The van der Waals surface area contributed by atoms with Crippen LogP contribution in [0.3, 0.4) is 0 Å². The van der Waals surface area contributed by atoms with Gasteiger partial charge in [-0.15, -0.1) is 0 Å². The van der Waals surface area contributed by atoms with E-state index in [0.717, 1.165) is 0 Å². The Morgan fingerprint density at radius 3 is 2.33 bits per heavy atom. The minimum atomic E-state index is -0.677. The highest BCUT2D eigenvalue weighted by atomic mass is 19.1. The van der Waals surface area contributed by atoms with Gasteiger partial charge in [0.2, 0.25) is 5.95 Å². The van der Waals surface area contributed by atoms with Crippen molar-refractivity contribution in [1.82, 2.24) is 9.97 Å². The third-order valence-corrected chi connectivity index (χ3v) is 3.03. The molecule has 2 aromatic carbocycles. The van der Waals surface area contributed by atoms with E-state index < -0.39 is 11.6 Å². The molecule has 0 aliphatic heterocycles. The third-order valence-electron chi connectivity index (χ3n) is 3.03. The predicted octanol–water partition coefficient (Wildman–Crippen LogP) is 3.69. The van der Waals surface area contributed by atoms with Crippen LogP contribution in [0.1, 0.15) is 0 Å². The Morgan fingerprint density at radius 1 is 0.905 bits per heavy atom. The molecule has 1 heterocycles.